The van der Waals surface area contributed by atoms with Crippen molar-refractivity contribution in [2.24, 2.45) is 5.73 Å². The van der Waals surface area contributed by atoms with Gasteiger partial charge in [-0.05, 0) is 12.5 Å². The van der Waals surface area contributed by atoms with Crippen molar-refractivity contribution in [3.05, 3.63) is 35.5 Å². The fourth-order valence-electron chi connectivity index (χ4n) is 1.78. The van der Waals surface area contributed by atoms with Crippen molar-refractivity contribution >= 4 is 0 Å². The minimum Gasteiger partial charge on any atom is -0.493 e. The largest absolute Gasteiger partial charge is 0.493 e. The van der Waals surface area contributed by atoms with Crippen molar-refractivity contribution in [3.63, 3.8) is 0 Å². The van der Waals surface area contributed by atoms with Gasteiger partial charge in [0.1, 0.15) is 11.5 Å². The molecule has 0 saturated carbocycles. The first-order valence-electron chi connectivity index (χ1n) is 7.16. The molecule has 0 fully saturated rings. The van der Waals surface area contributed by atoms with Crippen LogP contribution < -0.4 is 15.2 Å². The second-order valence-electron chi connectivity index (χ2n) is 4.57. The van der Waals surface area contributed by atoms with E-state index in [1.54, 1.807) is 0 Å². The maximum absolute atomic E-state index is 5.75. The molecule has 0 aliphatic heterocycles. The molecule has 1 aromatic carbocycles. The van der Waals surface area contributed by atoms with Crippen LogP contribution in [0.1, 0.15) is 37.5 Å². The second-order valence-corrected chi connectivity index (χ2v) is 4.57. The zero-order chi connectivity index (χ0) is 15.1. The van der Waals surface area contributed by atoms with E-state index in [9.17, 15) is 0 Å². The molecule has 1 aromatic heterocycles. The maximum Gasteiger partial charge on any atom is 0.226 e. The topological polar surface area (TPSA) is 83.4 Å². The van der Waals surface area contributed by atoms with E-state index in [0.717, 1.165) is 17.7 Å². The Morgan fingerprint density at radius 2 is 2.10 bits per heavy atom. The molecule has 2 N–H and O–H groups in total. The summed E-state index contributed by atoms with van der Waals surface area (Å²) in [6.45, 7) is 5.34. The average molecular weight is 291 g/mol. The number of nitrogens with zero attached hydrogens (tertiary/aromatic N) is 2. The molecule has 0 atom stereocenters. The summed E-state index contributed by atoms with van der Waals surface area (Å²) in [5, 5.41) is 3.86. The third kappa shape index (κ3) is 4.19. The van der Waals surface area contributed by atoms with E-state index in [4.69, 9.17) is 19.7 Å². The highest BCUT2D eigenvalue weighted by molar-refractivity contribution is 5.40. The minimum atomic E-state index is 0.244. The molecular formula is C15H21N3O3. The Balaban J connectivity index is 2.05. The summed E-state index contributed by atoms with van der Waals surface area (Å²) in [4.78, 5) is 4.21. The molecule has 0 aliphatic rings. The molecule has 0 saturated heterocycles. The van der Waals surface area contributed by atoms with E-state index >= 15 is 0 Å². The Kier molecular flexibility index (Phi) is 5.57. The van der Waals surface area contributed by atoms with Crippen LogP contribution in [0.2, 0.25) is 0 Å². The molecule has 0 spiro atoms. The van der Waals surface area contributed by atoms with Crippen molar-refractivity contribution in [2.45, 2.75) is 39.8 Å². The van der Waals surface area contributed by atoms with Crippen LogP contribution in [0.5, 0.6) is 11.5 Å². The minimum absolute atomic E-state index is 0.244. The molecule has 0 unspecified atom stereocenters. The first-order chi connectivity index (χ1) is 10.3. The van der Waals surface area contributed by atoms with Gasteiger partial charge in [0, 0.05) is 24.6 Å². The van der Waals surface area contributed by atoms with Crippen LogP contribution in [0.25, 0.3) is 0 Å². The van der Waals surface area contributed by atoms with Gasteiger partial charge in [0.25, 0.3) is 0 Å². The molecule has 2 aromatic rings. The summed E-state index contributed by atoms with van der Waals surface area (Å²) in [6.07, 6.45) is 1.67. The van der Waals surface area contributed by atoms with E-state index in [-0.39, 0.29) is 6.61 Å². The van der Waals surface area contributed by atoms with Gasteiger partial charge >= 0.3 is 0 Å². The van der Waals surface area contributed by atoms with E-state index in [0.29, 0.717) is 37.0 Å². The lowest BCUT2D eigenvalue weighted by atomic mass is 10.2. The molecule has 6 nitrogen and oxygen atoms in total. The predicted octanol–water partition coefficient (Wildman–Crippen LogP) is 2.46. The average Bonchev–Trinajstić information content (AvgIpc) is 2.99. The number of aryl methyl sites for hydroxylation is 1. The number of hydrogen-bond acceptors (Lipinski definition) is 6. The van der Waals surface area contributed by atoms with Gasteiger partial charge in [0.2, 0.25) is 11.7 Å². The second kappa shape index (κ2) is 7.64. The lowest BCUT2D eigenvalue weighted by Crippen LogP contribution is -2.05. The van der Waals surface area contributed by atoms with Crippen molar-refractivity contribution in [1.29, 1.82) is 0 Å². The highest BCUT2D eigenvalue weighted by Gasteiger charge is 2.09. The first kappa shape index (κ1) is 15.3. The molecule has 21 heavy (non-hydrogen) atoms. The normalized spacial score (nSPS) is 10.6. The first-order valence-corrected chi connectivity index (χ1v) is 7.16. The van der Waals surface area contributed by atoms with Crippen LogP contribution in [-0.2, 0) is 19.6 Å². The molecule has 0 bridgehead atoms. The van der Waals surface area contributed by atoms with Crippen molar-refractivity contribution in [2.75, 3.05) is 6.61 Å². The van der Waals surface area contributed by atoms with Crippen LogP contribution >= 0.6 is 0 Å². The SMILES string of the molecule is CCCOc1ccc(CN)c(OCc2noc(CC)n2)c1. The third-order valence-electron chi connectivity index (χ3n) is 2.90. The van der Waals surface area contributed by atoms with Gasteiger partial charge in [0.15, 0.2) is 6.61 Å². The zero-order valence-electron chi connectivity index (χ0n) is 12.5. The molecule has 114 valence electrons. The van der Waals surface area contributed by atoms with Crippen molar-refractivity contribution < 1.29 is 14.0 Å². The summed E-state index contributed by atoms with van der Waals surface area (Å²) in [5.41, 5.74) is 6.64. The van der Waals surface area contributed by atoms with Crippen LogP contribution in [-0.4, -0.2) is 16.7 Å². The summed E-state index contributed by atoms with van der Waals surface area (Å²) in [7, 11) is 0. The van der Waals surface area contributed by atoms with Gasteiger partial charge in [-0.3, -0.25) is 0 Å². The number of benzene rings is 1. The Labute approximate surface area is 124 Å². The fraction of sp³-hybridized carbons (Fsp3) is 0.467. The van der Waals surface area contributed by atoms with Gasteiger partial charge in [-0.1, -0.05) is 25.1 Å². The Bertz CT molecular complexity index is 569. The molecule has 1 heterocycles. The summed E-state index contributed by atoms with van der Waals surface area (Å²) < 4.78 is 16.4. The van der Waals surface area contributed by atoms with Crippen LogP contribution in [0.15, 0.2) is 22.7 Å². The molecule has 0 radical (unpaired) electrons. The predicted molar refractivity (Wildman–Crippen MR) is 78.1 cm³/mol. The van der Waals surface area contributed by atoms with Gasteiger partial charge < -0.3 is 19.7 Å². The lowest BCUT2D eigenvalue weighted by Gasteiger charge is -2.11. The molecule has 0 aliphatic carbocycles. The fourth-order valence-corrected chi connectivity index (χ4v) is 1.78. The van der Waals surface area contributed by atoms with Gasteiger partial charge in [0.05, 0.1) is 6.61 Å². The van der Waals surface area contributed by atoms with Crippen LogP contribution in [0.3, 0.4) is 0 Å². The molecule has 0 amide bonds. The Morgan fingerprint density at radius 3 is 2.76 bits per heavy atom. The summed E-state index contributed by atoms with van der Waals surface area (Å²) in [6, 6.07) is 5.65. The van der Waals surface area contributed by atoms with E-state index in [1.165, 1.54) is 0 Å². The van der Waals surface area contributed by atoms with Gasteiger partial charge in [-0.25, -0.2) is 0 Å². The Hall–Kier alpha value is -2.08. The Morgan fingerprint density at radius 1 is 1.24 bits per heavy atom. The number of ether oxygens (including phenoxy) is 2. The standard InChI is InChI=1S/C15H21N3O3/c1-3-7-19-12-6-5-11(9-16)13(8-12)20-10-14-17-15(4-2)21-18-14/h5-6,8H,3-4,7,9-10,16H2,1-2H3. The van der Waals surface area contributed by atoms with Gasteiger partial charge in [-0.15, -0.1) is 0 Å². The van der Waals surface area contributed by atoms with Crippen LogP contribution in [0, 0.1) is 0 Å². The summed E-state index contributed by atoms with van der Waals surface area (Å²) >= 11 is 0. The number of rotatable bonds is 8. The van der Waals surface area contributed by atoms with Crippen LogP contribution in [0.4, 0.5) is 0 Å². The van der Waals surface area contributed by atoms with Crippen molar-refractivity contribution in [3.8, 4) is 11.5 Å². The highest BCUT2D eigenvalue weighted by atomic mass is 16.5. The lowest BCUT2D eigenvalue weighted by molar-refractivity contribution is 0.277. The molecular weight excluding hydrogens is 270 g/mol. The number of aromatic nitrogens is 2. The third-order valence-corrected chi connectivity index (χ3v) is 2.90. The van der Waals surface area contributed by atoms with E-state index in [2.05, 4.69) is 17.1 Å². The smallest absolute Gasteiger partial charge is 0.226 e. The highest BCUT2D eigenvalue weighted by Crippen LogP contribution is 2.25. The van der Waals surface area contributed by atoms with E-state index in [1.807, 2.05) is 25.1 Å². The van der Waals surface area contributed by atoms with Crippen molar-refractivity contribution in [1.82, 2.24) is 10.1 Å². The zero-order valence-corrected chi connectivity index (χ0v) is 12.5. The number of nitrogens with two attached hydrogens (primary N) is 1. The monoisotopic (exact) mass is 291 g/mol. The molecule has 6 heteroatoms. The summed E-state index contributed by atoms with van der Waals surface area (Å²) in [5.74, 6) is 2.59. The molecule has 2 rings (SSSR count). The van der Waals surface area contributed by atoms with Gasteiger partial charge in [-0.2, -0.15) is 4.98 Å². The number of hydrogen-bond donors (Lipinski definition) is 1. The maximum atomic E-state index is 5.75. The quantitative estimate of drug-likeness (QED) is 0.804. The van der Waals surface area contributed by atoms with E-state index < -0.39 is 0 Å².